The predicted octanol–water partition coefficient (Wildman–Crippen LogP) is 4.10. The topological polar surface area (TPSA) is 41.5 Å². The first-order valence-electron chi connectivity index (χ1n) is 6.80. The lowest BCUT2D eigenvalue weighted by Crippen LogP contribution is -2.17. The maximum absolute atomic E-state index is 11.5. The molecule has 1 amide bonds. The van der Waals surface area contributed by atoms with E-state index in [1.54, 1.807) is 6.21 Å². The zero-order chi connectivity index (χ0) is 13.9. The Morgan fingerprint density at radius 1 is 1.26 bits per heavy atom. The summed E-state index contributed by atoms with van der Waals surface area (Å²) in [5.41, 5.74) is 3.60. The van der Waals surface area contributed by atoms with Crippen molar-refractivity contribution in [1.29, 1.82) is 0 Å². The molecule has 0 fully saturated rings. The van der Waals surface area contributed by atoms with E-state index in [0.717, 1.165) is 22.0 Å². The fraction of sp³-hybridized carbons (Fsp3) is 0.467. The number of nitrogens with zero attached hydrogens (tertiary/aromatic N) is 1. The minimum atomic E-state index is -0.00122. The van der Waals surface area contributed by atoms with Crippen LogP contribution >= 0.6 is 22.6 Å². The normalized spacial score (nSPS) is 10.8. The van der Waals surface area contributed by atoms with E-state index in [4.69, 9.17) is 0 Å². The highest BCUT2D eigenvalue weighted by Gasteiger charge is 1.99. The summed E-state index contributed by atoms with van der Waals surface area (Å²) in [6.07, 6.45) is 8.03. The van der Waals surface area contributed by atoms with Crippen molar-refractivity contribution in [1.82, 2.24) is 5.43 Å². The van der Waals surface area contributed by atoms with Crippen LogP contribution in [0.25, 0.3) is 0 Å². The van der Waals surface area contributed by atoms with Gasteiger partial charge in [-0.15, -0.1) is 0 Å². The quantitative estimate of drug-likeness (QED) is 0.317. The van der Waals surface area contributed by atoms with Gasteiger partial charge in [0.15, 0.2) is 0 Å². The molecule has 19 heavy (non-hydrogen) atoms. The monoisotopic (exact) mass is 372 g/mol. The lowest BCUT2D eigenvalue weighted by atomic mass is 10.1. The molecule has 1 aromatic rings. The Morgan fingerprint density at radius 2 is 2.00 bits per heavy atom. The lowest BCUT2D eigenvalue weighted by molar-refractivity contribution is -0.121. The maximum Gasteiger partial charge on any atom is 0.240 e. The summed E-state index contributed by atoms with van der Waals surface area (Å²) in [5, 5.41) is 3.99. The Balaban J connectivity index is 2.21. The molecular formula is C15H21IN2O. The zero-order valence-corrected chi connectivity index (χ0v) is 13.5. The van der Waals surface area contributed by atoms with Gasteiger partial charge < -0.3 is 0 Å². The van der Waals surface area contributed by atoms with Crippen LogP contribution in [0, 0.1) is 3.57 Å². The fourth-order valence-electron chi connectivity index (χ4n) is 1.70. The maximum atomic E-state index is 11.5. The molecule has 104 valence electrons. The molecule has 1 aromatic carbocycles. The molecule has 0 unspecified atom stereocenters. The summed E-state index contributed by atoms with van der Waals surface area (Å²) >= 11 is 2.25. The number of benzene rings is 1. The molecule has 0 aliphatic rings. The molecule has 0 saturated carbocycles. The number of unbranched alkanes of at least 4 members (excludes halogenated alkanes) is 4. The summed E-state index contributed by atoms with van der Waals surface area (Å²) in [6, 6.07) is 7.92. The van der Waals surface area contributed by atoms with E-state index >= 15 is 0 Å². The highest BCUT2D eigenvalue weighted by atomic mass is 127. The van der Waals surface area contributed by atoms with Gasteiger partial charge in [-0.25, -0.2) is 5.43 Å². The molecule has 3 nitrogen and oxygen atoms in total. The summed E-state index contributed by atoms with van der Waals surface area (Å²) in [5.74, 6) is -0.00122. The van der Waals surface area contributed by atoms with E-state index < -0.39 is 0 Å². The summed E-state index contributed by atoms with van der Waals surface area (Å²) in [4.78, 5) is 11.5. The average Bonchev–Trinajstić information content (AvgIpc) is 2.41. The average molecular weight is 372 g/mol. The van der Waals surface area contributed by atoms with Gasteiger partial charge in [-0.05, 0) is 35.1 Å². The van der Waals surface area contributed by atoms with Gasteiger partial charge >= 0.3 is 0 Å². The van der Waals surface area contributed by atoms with Gasteiger partial charge in [0.1, 0.15) is 0 Å². The minimum absolute atomic E-state index is 0.00122. The molecular weight excluding hydrogens is 351 g/mol. The van der Waals surface area contributed by atoms with Crippen molar-refractivity contribution < 1.29 is 4.79 Å². The van der Waals surface area contributed by atoms with Gasteiger partial charge in [0.25, 0.3) is 0 Å². The molecule has 0 aliphatic carbocycles. The van der Waals surface area contributed by atoms with E-state index in [1.165, 1.54) is 19.3 Å². The largest absolute Gasteiger partial charge is 0.273 e. The van der Waals surface area contributed by atoms with Gasteiger partial charge in [0, 0.05) is 15.6 Å². The second-order valence-corrected chi connectivity index (χ2v) is 5.64. The third kappa shape index (κ3) is 7.30. The molecule has 0 spiro atoms. The van der Waals surface area contributed by atoms with Gasteiger partial charge in [-0.2, -0.15) is 5.10 Å². The van der Waals surface area contributed by atoms with Crippen LogP contribution in [-0.2, 0) is 4.79 Å². The van der Waals surface area contributed by atoms with Crippen LogP contribution in [-0.4, -0.2) is 12.1 Å². The number of carbonyl (C=O) groups excluding carboxylic acids is 1. The van der Waals surface area contributed by atoms with Crippen LogP contribution in [0.1, 0.15) is 51.0 Å². The van der Waals surface area contributed by atoms with Crippen LogP contribution in [0.5, 0.6) is 0 Å². The Kier molecular flexibility index (Phi) is 8.45. The van der Waals surface area contributed by atoms with Crippen LogP contribution in [0.15, 0.2) is 29.4 Å². The van der Waals surface area contributed by atoms with Crippen molar-refractivity contribution in [3.63, 3.8) is 0 Å². The highest BCUT2D eigenvalue weighted by molar-refractivity contribution is 14.1. The predicted molar refractivity (Wildman–Crippen MR) is 88.3 cm³/mol. The number of halogens is 1. The van der Waals surface area contributed by atoms with Gasteiger partial charge in [0.05, 0.1) is 6.21 Å². The molecule has 1 rings (SSSR count). The Bertz CT molecular complexity index is 418. The SMILES string of the molecule is CCCCCCCC(=O)NN=Cc1ccccc1I. The third-order valence-corrected chi connectivity index (χ3v) is 3.79. The summed E-state index contributed by atoms with van der Waals surface area (Å²) in [7, 11) is 0. The van der Waals surface area contributed by atoms with E-state index in [2.05, 4.69) is 40.0 Å². The number of hydrogen-bond donors (Lipinski definition) is 1. The number of nitrogens with one attached hydrogen (secondary N) is 1. The molecule has 1 N–H and O–H groups in total. The molecule has 0 atom stereocenters. The van der Waals surface area contributed by atoms with Crippen LogP contribution < -0.4 is 5.43 Å². The number of hydrazone groups is 1. The standard InChI is InChI=1S/C15H21IN2O/c1-2-3-4-5-6-11-15(19)18-17-12-13-9-7-8-10-14(13)16/h7-10,12H,2-6,11H2,1H3,(H,18,19). The first kappa shape index (κ1) is 16.1. The van der Waals surface area contributed by atoms with Crippen molar-refractivity contribution in [2.75, 3.05) is 0 Å². The zero-order valence-electron chi connectivity index (χ0n) is 11.4. The molecule has 0 saturated heterocycles. The highest BCUT2D eigenvalue weighted by Crippen LogP contribution is 2.08. The molecule has 0 aromatic heterocycles. The smallest absolute Gasteiger partial charge is 0.240 e. The van der Waals surface area contributed by atoms with Crippen molar-refractivity contribution in [3.8, 4) is 0 Å². The van der Waals surface area contributed by atoms with Crippen LogP contribution in [0.3, 0.4) is 0 Å². The second kappa shape index (κ2) is 9.95. The summed E-state index contributed by atoms with van der Waals surface area (Å²) < 4.78 is 1.12. The van der Waals surface area contributed by atoms with Gasteiger partial charge in [-0.3, -0.25) is 4.79 Å². The van der Waals surface area contributed by atoms with E-state index in [9.17, 15) is 4.79 Å². The lowest BCUT2D eigenvalue weighted by Gasteiger charge is -2.00. The van der Waals surface area contributed by atoms with Gasteiger partial charge in [-0.1, -0.05) is 50.8 Å². The molecule has 0 aliphatic heterocycles. The Labute approximate surface area is 129 Å². The first-order chi connectivity index (χ1) is 9.24. The van der Waals surface area contributed by atoms with Gasteiger partial charge in [0.2, 0.25) is 5.91 Å². The van der Waals surface area contributed by atoms with Crippen LogP contribution in [0.2, 0.25) is 0 Å². The second-order valence-electron chi connectivity index (χ2n) is 4.48. The van der Waals surface area contributed by atoms with Crippen molar-refractivity contribution >= 4 is 34.7 Å². The number of rotatable bonds is 8. The molecule has 0 bridgehead atoms. The van der Waals surface area contributed by atoms with E-state index in [-0.39, 0.29) is 5.91 Å². The minimum Gasteiger partial charge on any atom is -0.273 e. The van der Waals surface area contributed by atoms with E-state index in [1.807, 2.05) is 24.3 Å². The van der Waals surface area contributed by atoms with E-state index in [0.29, 0.717) is 6.42 Å². The van der Waals surface area contributed by atoms with Crippen molar-refractivity contribution in [2.45, 2.75) is 45.4 Å². The molecule has 0 heterocycles. The van der Waals surface area contributed by atoms with Crippen LogP contribution in [0.4, 0.5) is 0 Å². The Hall–Kier alpha value is -0.910. The van der Waals surface area contributed by atoms with Crippen molar-refractivity contribution in [2.24, 2.45) is 5.10 Å². The molecule has 4 heteroatoms. The first-order valence-corrected chi connectivity index (χ1v) is 7.88. The molecule has 0 radical (unpaired) electrons. The number of carbonyl (C=O) groups is 1. The Morgan fingerprint density at radius 3 is 2.74 bits per heavy atom. The van der Waals surface area contributed by atoms with Crippen molar-refractivity contribution in [3.05, 3.63) is 33.4 Å². The number of hydrogen-bond acceptors (Lipinski definition) is 2. The number of amides is 1. The summed E-state index contributed by atoms with van der Waals surface area (Å²) in [6.45, 7) is 2.19. The third-order valence-electron chi connectivity index (χ3n) is 2.81. The fourth-order valence-corrected chi connectivity index (χ4v) is 2.23.